The van der Waals surface area contributed by atoms with E-state index in [9.17, 15) is 9.18 Å². The van der Waals surface area contributed by atoms with Crippen LogP contribution in [0, 0.1) is 26.6 Å². The minimum Gasteiger partial charge on any atom is -0.466 e. The molecule has 4 heteroatoms. The van der Waals surface area contributed by atoms with Gasteiger partial charge in [-0.1, -0.05) is 6.07 Å². The minimum atomic E-state index is -0.385. The van der Waals surface area contributed by atoms with Crippen LogP contribution in [0.4, 0.5) is 10.1 Å². The molecule has 2 aromatic rings. The summed E-state index contributed by atoms with van der Waals surface area (Å²) in [5.41, 5.74) is 1.75. The number of carbonyl (C=O) groups is 1. The fourth-order valence-corrected chi connectivity index (χ4v) is 1.89. The molecule has 0 atom stereocenters. The molecule has 0 unspecified atom stereocenters. The van der Waals surface area contributed by atoms with Gasteiger partial charge in [0.1, 0.15) is 17.3 Å². The molecular formula is C14H14FNO2. The number of benzene rings is 1. The number of hydrogen-bond donors (Lipinski definition) is 1. The maximum atomic E-state index is 13.0. The quantitative estimate of drug-likeness (QED) is 0.881. The van der Waals surface area contributed by atoms with Crippen molar-refractivity contribution in [1.82, 2.24) is 0 Å². The molecule has 1 aromatic heterocycles. The summed E-state index contributed by atoms with van der Waals surface area (Å²) in [6.07, 6.45) is 0. The van der Waals surface area contributed by atoms with Gasteiger partial charge in [0, 0.05) is 11.3 Å². The Morgan fingerprint density at radius 1 is 1.22 bits per heavy atom. The molecular weight excluding hydrogens is 233 g/mol. The Labute approximate surface area is 105 Å². The standard InChI is InChI=1S/C14H14FNO2/c1-8-9(2)18-10(3)13(8)14(17)16-12-6-4-5-11(15)7-12/h4-7H,1-3H3,(H,16,17). The first-order chi connectivity index (χ1) is 8.49. The van der Waals surface area contributed by atoms with E-state index in [-0.39, 0.29) is 11.7 Å². The number of nitrogens with one attached hydrogen (secondary N) is 1. The van der Waals surface area contributed by atoms with Gasteiger partial charge >= 0.3 is 0 Å². The summed E-state index contributed by atoms with van der Waals surface area (Å²) >= 11 is 0. The van der Waals surface area contributed by atoms with Crippen LogP contribution in [0.3, 0.4) is 0 Å². The van der Waals surface area contributed by atoms with Gasteiger partial charge in [0.2, 0.25) is 0 Å². The van der Waals surface area contributed by atoms with E-state index in [0.29, 0.717) is 17.0 Å². The van der Waals surface area contributed by atoms with Crippen LogP contribution >= 0.6 is 0 Å². The smallest absolute Gasteiger partial charge is 0.259 e. The second kappa shape index (κ2) is 4.64. The molecule has 0 saturated carbocycles. The van der Waals surface area contributed by atoms with Crippen LogP contribution in [0.1, 0.15) is 27.4 Å². The molecule has 0 saturated heterocycles. The van der Waals surface area contributed by atoms with Crippen LogP contribution in [0.5, 0.6) is 0 Å². The molecule has 1 N–H and O–H groups in total. The van der Waals surface area contributed by atoms with Crippen molar-refractivity contribution >= 4 is 11.6 Å². The lowest BCUT2D eigenvalue weighted by molar-refractivity contribution is 0.102. The molecule has 2 rings (SSSR count). The summed E-state index contributed by atoms with van der Waals surface area (Å²) in [5, 5.41) is 2.66. The second-order valence-corrected chi connectivity index (χ2v) is 4.18. The maximum Gasteiger partial charge on any atom is 0.259 e. The average Bonchev–Trinajstić information content (AvgIpc) is 2.53. The lowest BCUT2D eigenvalue weighted by Crippen LogP contribution is -2.13. The van der Waals surface area contributed by atoms with Crippen molar-refractivity contribution < 1.29 is 13.6 Å². The molecule has 94 valence electrons. The van der Waals surface area contributed by atoms with Crippen LogP contribution in [0.25, 0.3) is 0 Å². The predicted octanol–water partition coefficient (Wildman–Crippen LogP) is 3.60. The van der Waals surface area contributed by atoms with E-state index in [1.807, 2.05) is 6.92 Å². The first-order valence-electron chi connectivity index (χ1n) is 5.62. The number of carbonyl (C=O) groups excluding carboxylic acids is 1. The summed E-state index contributed by atoms with van der Waals surface area (Å²) in [6.45, 7) is 5.37. The lowest BCUT2D eigenvalue weighted by Gasteiger charge is -2.05. The van der Waals surface area contributed by atoms with Gasteiger partial charge < -0.3 is 9.73 Å². The fraction of sp³-hybridized carbons (Fsp3) is 0.214. The Hall–Kier alpha value is -2.10. The third-order valence-electron chi connectivity index (χ3n) is 2.87. The highest BCUT2D eigenvalue weighted by molar-refractivity contribution is 6.06. The van der Waals surface area contributed by atoms with E-state index in [1.54, 1.807) is 26.0 Å². The SMILES string of the molecule is Cc1oc(C)c(C(=O)Nc2cccc(F)c2)c1C. The molecule has 3 nitrogen and oxygen atoms in total. The summed E-state index contributed by atoms with van der Waals surface area (Å²) in [4.78, 5) is 12.1. The zero-order valence-electron chi connectivity index (χ0n) is 10.5. The molecule has 1 aromatic carbocycles. The van der Waals surface area contributed by atoms with Gasteiger partial charge in [-0.2, -0.15) is 0 Å². The largest absolute Gasteiger partial charge is 0.466 e. The third-order valence-corrected chi connectivity index (χ3v) is 2.87. The Bertz CT molecular complexity index is 602. The monoisotopic (exact) mass is 247 g/mol. The van der Waals surface area contributed by atoms with E-state index >= 15 is 0 Å². The van der Waals surface area contributed by atoms with Gasteiger partial charge in [-0.05, 0) is 39.0 Å². The number of furan rings is 1. The Morgan fingerprint density at radius 2 is 1.94 bits per heavy atom. The minimum absolute atomic E-state index is 0.285. The number of rotatable bonds is 2. The van der Waals surface area contributed by atoms with Gasteiger partial charge in [-0.15, -0.1) is 0 Å². The van der Waals surface area contributed by atoms with Crippen molar-refractivity contribution in [2.45, 2.75) is 20.8 Å². The van der Waals surface area contributed by atoms with E-state index in [0.717, 1.165) is 11.3 Å². The molecule has 0 aliphatic heterocycles. The summed E-state index contributed by atoms with van der Waals surface area (Å²) < 4.78 is 18.4. The van der Waals surface area contributed by atoms with E-state index in [4.69, 9.17) is 4.42 Å². The number of amides is 1. The zero-order valence-corrected chi connectivity index (χ0v) is 10.5. The van der Waals surface area contributed by atoms with Crippen molar-refractivity contribution in [3.8, 4) is 0 Å². The van der Waals surface area contributed by atoms with Crippen LogP contribution in [0.15, 0.2) is 28.7 Å². The number of hydrogen-bond acceptors (Lipinski definition) is 2. The van der Waals surface area contributed by atoms with Gasteiger partial charge in [0.05, 0.1) is 5.56 Å². The molecule has 0 spiro atoms. The molecule has 0 bridgehead atoms. The number of halogens is 1. The van der Waals surface area contributed by atoms with Gasteiger partial charge in [-0.3, -0.25) is 4.79 Å². The third kappa shape index (κ3) is 2.27. The molecule has 0 aliphatic rings. The lowest BCUT2D eigenvalue weighted by atomic mass is 10.1. The van der Waals surface area contributed by atoms with Crippen molar-refractivity contribution in [2.75, 3.05) is 5.32 Å². The van der Waals surface area contributed by atoms with E-state index < -0.39 is 0 Å². The number of anilines is 1. The van der Waals surface area contributed by atoms with Gasteiger partial charge in [0.15, 0.2) is 0 Å². The first kappa shape index (κ1) is 12.4. The average molecular weight is 247 g/mol. The van der Waals surface area contributed by atoms with Crippen LogP contribution < -0.4 is 5.32 Å². The molecule has 0 radical (unpaired) electrons. The Morgan fingerprint density at radius 3 is 2.50 bits per heavy atom. The molecule has 0 aliphatic carbocycles. The summed E-state index contributed by atoms with van der Waals surface area (Å²) in [6, 6.07) is 5.79. The van der Waals surface area contributed by atoms with Crippen molar-refractivity contribution in [1.29, 1.82) is 0 Å². The van der Waals surface area contributed by atoms with Gasteiger partial charge in [-0.25, -0.2) is 4.39 Å². The van der Waals surface area contributed by atoms with Crippen molar-refractivity contribution in [2.24, 2.45) is 0 Å². The summed E-state index contributed by atoms with van der Waals surface area (Å²) in [5.74, 6) is 0.618. The first-order valence-corrected chi connectivity index (χ1v) is 5.62. The number of aryl methyl sites for hydroxylation is 2. The fourth-order valence-electron chi connectivity index (χ4n) is 1.89. The molecule has 1 heterocycles. The zero-order chi connectivity index (χ0) is 13.3. The highest BCUT2D eigenvalue weighted by atomic mass is 19.1. The Kier molecular flexibility index (Phi) is 3.19. The van der Waals surface area contributed by atoms with Crippen LogP contribution in [0.2, 0.25) is 0 Å². The maximum absolute atomic E-state index is 13.0. The van der Waals surface area contributed by atoms with Crippen LogP contribution in [-0.4, -0.2) is 5.91 Å². The second-order valence-electron chi connectivity index (χ2n) is 4.18. The predicted molar refractivity (Wildman–Crippen MR) is 67.3 cm³/mol. The summed E-state index contributed by atoms with van der Waals surface area (Å²) in [7, 11) is 0. The van der Waals surface area contributed by atoms with Gasteiger partial charge in [0.25, 0.3) is 5.91 Å². The Balaban J connectivity index is 2.27. The molecule has 0 fully saturated rings. The van der Waals surface area contributed by atoms with Crippen molar-refractivity contribution in [3.05, 3.63) is 52.7 Å². The molecule has 18 heavy (non-hydrogen) atoms. The topological polar surface area (TPSA) is 42.2 Å². The van der Waals surface area contributed by atoms with Crippen molar-refractivity contribution in [3.63, 3.8) is 0 Å². The highest BCUT2D eigenvalue weighted by Gasteiger charge is 2.18. The van der Waals surface area contributed by atoms with Crippen LogP contribution in [-0.2, 0) is 0 Å². The highest BCUT2D eigenvalue weighted by Crippen LogP contribution is 2.22. The normalized spacial score (nSPS) is 10.4. The van der Waals surface area contributed by atoms with E-state index in [2.05, 4.69) is 5.32 Å². The van der Waals surface area contributed by atoms with E-state index in [1.165, 1.54) is 12.1 Å². The molecule has 1 amide bonds.